The lowest BCUT2D eigenvalue weighted by molar-refractivity contribution is -0.149. The highest BCUT2D eigenvalue weighted by molar-refractivity contribution is 7.98. The maximum atomic E-state index is 13.4. The van der Waals surface area contributed by atoms with E-state index in [2.05, 4.69) is 15.6 Å². The third kappa shape index (κ3) is 9.86. The molecule has 4 unspecified atom stereocenters. The Hall–Kier alpha value is -3.32. The molecule has 4 atom stereocenters. The molecule has 1 heterocycles. The van der Waals surface area contributed by atoms with Crippen molar-refractivity contribution in [1.29, 1.82) is 0 Å². The number of aliphatic imine (C=N–C) groups is 1. The van der Waals surface area contributed by atoms with Gasteiger partial charge in [-0.3, -0.25) is 19.4 Å². The van der Waals surface area contributed by atoms with Gasteiger partial charge in [0, 0.05) is 13.1 Å². The van der Waals surface area contributed by atoms with Gasteiger partial charge in [0.2, 0.25) is 17.7 Å². The van der Waals surface area contributed by atoms with Crippen LogP contribution in [0.15, 0.2) is 35.3 Å². The minimum atomic E-state index is -1.07. The van der Waals surface area contributed by atoms with E-state index in [1.807, 2.05) is 36.6 Å². The highest BCUT2D eigenvalue weighted by Gasteiger charge is 2.38. The van der Waals surface area contributed by atoms with Gasteiger partial charge in [-0.2, -0.15) is 11.8 Å². The zero-order valence-corrected chi connectivity index (χ0v) is 22.5. The number of hydrogen-bond donors (Lipinski definition) is 6. The first-order valence-electron chi connectivity index (χ1n) is 12.6. The molecule has 0 aromatic heterocycles. The first-order chi connectivity index (χ1) is 18.1. The Morgan fingerprint density at radius 2 is 1.79 bits per heavy atom. The summed E-state index contributed by atoms with van der Waals surface area (Å²) in [7, 11) is 0. The van der Waals surface area contributed by atoms with E-state index in [9.17, 15) is 24.3 Å². The van der Waals surface area contributed by atoms with Gasteiger partial charge in [0.05, 0.1) is 6.04 Å². The van der Waals surface area contributed by atoms with Crippen molar-refractivity contribution in [3.8, 4) is 0 Å². The van der Waals surface area contributed by atoms with E-state index in [0.717, 1.165) is 5.56 Å². The second-order valence-electron chi connectivity index (χ2n) is 9.18. The molecule has 1 aromatic rings. The fourth-order valence-corrected chi connectivity index (χ4v) is 4.74. The molecule has 0 bridgehead atoms. The van der Waals surface area contributed by atoms with Crippen LogP contribution in [0.4, 0.5) is 0 Å². The quantitative estimate of drug-likeness (QED) is 0.0937. The normalized spacial score (nSPS) is 17.2. The summed E-state index contributed by atoms with van der Waals surface area (Å²) >= 11 is 1.50. The number of carboxylic acids is 1. The van der Waals surface area contributed by atoms with E-state index in [1.54, 1.807) is 0 Å². The molecular weight excluding hydrogens is 510 g/mol. The van der Waals surface area contributed by atoms with E-state index in [-0.39, 0.29) is 25.3 Å². The molecule has 2 rings (SSSR count). The van der Waals surface area contributed by atoms with Crippen molar-refractivity contribution in [2.45, 2.75) is 62.7 Å². The lowest BCUT2D eigenvalue weighted by Gasteiger charge is -2.29. The van der Waals surface area contributed by atoms with Gasteiger partial charge < -0.3 is 37.8 Å². The monoisotopic (exact) mass is 549 g/mol. The Morgan fingerprint density at radius 3 is 2.42 bits per heavy atom. The minimum absolute atomic E-state index is 0.0822. The smallest absolute Gasteiger partial charge is 0.326 e. The van der Waals surface area contributed by atoms with Crippen LogP contribution in [0.5, 0.6) is 0 Å². The van der Waals surface area contributed by atoms with Crippen molar-refractivity contribution < 1.29 is 24.3 Å². The Labute approximate surface area is 227 Å². The summed E-state index contributed by atoms with van der Waals surface area (Å²) in [5.74, 6) is -2.08. The largest absolute Gasteiger partial charge is 0.480 e. The number of guanidine groups is 1. The summed E-state index contributed by atoms with van der Waals surface area (Å²) in [5, 5.41) is 15.0. The maximum absolute atomic E-state index is 13.4. The molecule has 1 saturated heterocycles. The molecule has 1 aromatic carbocycles. The summed E-state index contributed by atoms with van der Waals surface area (Å²) in [6.07, 6.45) is 4.02. The van der Waals surface area contributed by atoms with E-state index >= 15 is 0 Å². The van der Waals surface area contributed by atoms with Gasteiger partial charge in [0.1, 0.15) is 18.1 Å². The molecule has 0 saturated carbocycles. The van der Waals surface area contributed by atoms with Crippen LogP contribution >= 0.6 is 11.8 Å². The summed E-state index contributed by atoms with van der Waals surface area (Å²) in [6.45, 7) is 0.565. The van der Waals surface area contributed by atoms with Crippen LogP contribution in [0.3, 0.4) is 0 Å². The van der Waals surface area contributed by atoms with E-state index < -0.39 is 47.9 Å². The van der Waals surface area contributed by atoms with Gasteiger partial charge in [-0.1, -0.05) is 30.3 Å². The number of nitrogens with zero attached hydrogens (tertiary/aromatic N) is 2. The number of nitrogens with one attached hydrogen (secondary N) is 2. The number of carboxylic acid groups (broad SMARTS) is 1. The first kappa shape index (κ1) is 30.9. The number of benzene rings is 1. The molecule has 38 heavy (non-hydrogen) atoms. The summed E-state index contributed by atoms with van der Waals surface area (Å²) in [4.78, 5) is 56.4. The SMILES string of the molecule is CSCCC(NC(=O)C(CCCN=C(N)N)NC(=O)C(N)Cc1ccccc1)C(=O)N1CCCC1C(=O)O. The van der Waals surface area contributed by atoms with E-state index in [1.165, 1.54) is 16.7 Å². The van der Waals surface area contributed by atoms with Crippen molar-refractivity contribution in [3.63, 3.8) is 0 Å². The highest BCUT2D eigenvalue weighted by Crippen LogP contribution is 2.20. The fraction of sp³-hybridized carbons (Fsp3) is 0.560. The summed E-state index contributed by atoms with van der Waals surface area (Å²) in [5.41, 5.74) is 17.7. The second kappa shape index (κ2) is 15.8. The van der Waals surface area contributed by atoms with Crippen LogP contribution in [0, 0.1) is 0 Å². The molecular formula is C25H39N7O5S. The Balaban J connectivity index is 2.14. The van der Waals surface area contributed by atoms with Crippen molar-refractivity contribution in [2.75, 3.05) is 25.1 Å². The van der Waals surface area contributed by atoms with Crippen LogP contribution in [0.1, 0.15) is 37.7 Å². The lowest BCUT2D eigenvalue weighted by Crippen LogP contribution is -2.57. The molecule has 1 aliphatic rings. The van der Waals surface area contributed by atoms with Crippen LogP contribution in [0.2, 0.25) is 0 Å². The molecule has 12 nitrogen and oxygen atoms in total. The zero-order valence-electron chi connectivity index (χ0n) is 21.7. The number of hydrogen-bond acceptors (Lipinski definition) is 7. The second-order valence-corrected chi connectivity index (χ2v) is 10.2. The Bertz CT molecular complexity index is 974. The third-order valence-corrected chi connectivity index (χ3v) is 6.90. The topological polar surface area (TPSA) is 206 Å². The van der Waals surface area contributed by atoms with Crippen LogP contribution in [-0.4, -0.2) is 88.9 Å². The molecule has 3 amide bonds. The predicted molar refractivity (Wildman–Crippen MR) is 147 cm³/mol. The predicted octanol–water partition coefficient (Wildman–Crippen LogP) is -0.592. The number of thioether (sulfide) groups is 1. The van der Waals surface area contributed by atoms with Crippen molar-refractivity contribution in [2.24, 2.45) is 22.2 Å². The standard InChI is InChI=1S/C25H39N7O5S/c1-38-14-11-19(23(35)32-13-6-10-20(32)24(36)37)31-22(34)18(9-5-12-29-25(27)28)30-21(33)17(26)15-16-7-3-2-4-8-16/h2-4,7-8,17-20H,5-6,9-15,26H2,1H3,(H,30,33)(H,31,34)(H,36,37)(H4,27,28,29). The number of likely N-dealkylation sites (tertiary alicyclic amines) is 1. The van der Waals surface area contributed by atoms with Gasteiger partial charge >= 0.3 is 5.97 Å². The van der Waals surface area contributed by atoms with Gasteiger partial charge in [0.25, 0.3) is 0 Å². The maximum Gasteiger partial charge on any atom is 0.326 e. The van der Waals surface area contributed by atoms with Crippen molar-refractivity contribution in [3.05, 3.63) is 35.9 Å². The van der Waals surface area contributed by atoms with Gasteiger partial charge in [-0.25, -0.2) is 4.79 Å². The number of nitrogens with two attached hydrogens (primary N) is 3. The van der Waals surface area contributed by atoms with Gasteiger partial charge in [-0.15, -0.1) is 0 Å². The summed E-state index contributed by atoms with van der Waals surface area (Å²) in [6, 6.07) is 5.56. The molecule has 1 fully saturated rings. The first-order valence-corrected chi connectivity index (χ1v) is 14.0. The average Bonchev–Trinajstić information content (AvgIpc) is 3.38. The number of carbonyl (C=O) groups excluding carboxylic acids is 3. The van der Waals surface area contributed by atoms with Crippen molar-refractivity contribution in [1.82, 2.24) is 15.5 Å². The third-order valence-electron chi connectivity index (χ3n) is 6.26. The van der Waals surface area contributed by atoms with Crippen LogP contribution in [0.25, 0.3) is 0 Å². The molecule has 1 aliphatic heterocycles. The molecule has 13 heteroatoms. The van der Waals surface area contributed by atoms with Gasteiger partial charge in [0.15, 0.2) is 5.96 Å². The summed E-state index contributed by atoms with van der Waals surface area (Å²) < 4.78 is 0. The molecule has 9 N–H and O–H groups in total. The van der Waals surface area contributed by atoms with E-state index in [0.29, 0.717) is 38.0 Å². The van der Waals surface area contributed by atoms with E-state index in [4.69, 9.17) is 17.2 Å². The highest BCUT2D eigenvalue weighted by atomic mass is 32.2. The number of amides is 3. The average molecular weight is 550 g/mol. The fourth-order valence-electron chi connectivity index (χ4n) is 4.26. The van der Waals surface area contributed by atoms with Crippen LogP contribution < -0.4 is 27.8 Å². The lowest BCUT2D eigenvalue weighted by atomic mass is 10.0. The molecule has 0 aliphatic carbocycles. The molecule has 0 spiro atoms. The molecule has 0 radical (unpaired) electrons. The van der Waals surface area contributed by atoms with Crippen LogP contribution in [-0.2, 0) is 25.6 Å². The van der Waals surface area contributed by atoms with Crippen molar-refractivity contribution >= 4 is 41.4 Å². The number of rotatable bonds is 15. The number of aliphatic carboxylic acids is 1. The Kier molecular flexibility index (Phi) is 12.9. The Morgan fingerprint density at radius 1 is 1.11 bits per heavy atom. The van der Waals surface area contributed by atoms with Gasteiger partial charge in [-0.05, 0) is 56.1 Å². The number of carbonyl (C=O) groups is 4. The molecule has 210 valence electrons. The minimum Gasteiger partial charge on any atom is -0.480 e. The zero-order chi connectivity index (χ0) is 28.1.